The number of ether oxygens (including phenoxy) is 4. The van der Waals surface area contributed by atoms with Gasteiger partial charge in [-0.15, -0.1) is 0 Å². The van der Waals surface area contributed by atoms with Crippen molar-refractivity contribution in [2.24, 2.45) is 11.8 Å². The molecule has 3 rings (SSSR count). The quantitative estimate of drug-likeness (QED) is 0.124. The Morgan fingerprint density at radius 3 is 2.00 bits per heavy atom. The number of nitrogens with one attached hydrogen (secondary N) is 3. The molecule has 0 saturated heterocycles. The smallest absolute Gasteiger partial charge is 0.475 e. The molecule has 0 unspecified atom stereocenters. The van der Waals surface area contributed by atoms with Crippen molar-refractivity contribution >= 4 is 24.8 Å². The first kappa shape index (κ1) is 41.4. The summed E-state index contributed by atoms with van der Waals surface area (Å²) in [7, 11) is 2.64. The first-order valence-corrected chi connectivity index (χ1v) is 16.2. The Morgan fingerprint density at radius 1 is 0.760 bits per heavy atom. The van der Waals surface area contributed by atoms with Gasteiger partial charge in [0.2, 0.25) is 23.5 Å². The molecular formula is C37H52BN3O9. The first-order valence-electron chi connectivity index (χ1n) is 16.2. The molecular weight excluding hydrogens is 641 g/mol. The van der Waals surface area contributed by atoms with Crippen LogP contribution < -0.4 is 34.9 Å². The Balaban J connectivity index is 0.00000867. The molecule has 3 aromatic rings. The third-order valence-corrected chi connectivity index (χ3v) is 7.76. The van der Waals surface area contributed by atoms with E-state index >= 15 is 0 Å². The van der Waals surface area contributed by atoms with E-state index < -0.39 is 42.9 Å². The lowest BCUT2D eigenvalue weighted by molar-refractivity contribution is -0.132. The Kier molecular flexibility index (Phi) is 16.6. The second kappa shape index (κ2) is 20.1. The maximum atomic E-state index is 14.0. The molecule has 0 aliphatic carbocycles. The molecule has 0 heterocycles. The lowest BCUT2D eigenvalue weighted by Gasteiger charge is -2.28. The van der Waals surface area contributed by atoms with E-state index in [1.165, 1.54) is 21.3 Å². The number of rotatable bonds is 18. The first-order chi connectivity index (χ1) is 23.4. The van der Waals surface area contributed by atoms with Crippen molar-refractivity contribution in [2.75, 3.05) is 21.3 Å². The molecule has 0 saturated carbocycles. The average Bonchev–Trinajstić information content (AvgIpc) is 3.06. The molecule has 0 bridgehead atoms. The summed E-state index contributed by atoms with van der Waals surface area (Å²) in [4.78, 5) is 40.8. The van der Waals surface area contributed by atoms with E-state index in [1.807, 2.05) is 44.2 Å². The summed E-state index contributed by atoms with van der Waals surface area (Å²) in [6, 6.07) is 17.5. The maximum Gasteiger partial charge on any atom is 0.475 e. The molecule has 3 aromatic carbocycles. The highest BCUT2D eigenvalue weighted by Crippen LogP contribution is 2.40. The highest BCUT2D eigenvalue weighted by molar-refractivity contribution is 6.43. The van der Waals surface area contributed by atoms with Crippen molar-refractivity contribution in [1.82, 2.24) is 16.0 Å². The van der Waals surface area contributed by atoms with Crippen LogP contribution in [0.25, 0.3) is 0 Å². The fourth-order valence-electron chi connectivity index (χ4n) is 5.35. The molecule has 50 heavy (non-hydrogen) atoms. The van der Waals surface area contributed by atoms with Gasteiger partial charge in [-0.25, -0.2) is 0 Å². The second-order valence-electron chi connectivity index (χ2n) is 12.4. The van der Waals surface area contributed by atoms with Crippen molar-refractivity contribution in [3.05, 3.63) is 77.9 Å². The summed E-state index contributed by atoms with van der Waals surface area (Å²) >= 11 is 0. The van der Waals surface area contributed by atoms with Gasteiger partial charge in [0, 0.05) is 12.0 Å². The van der Waals surface area contributed by atoms with Crippen LogP contribution in [0.3, 0.4) is 0 Å². The van der Waals surface area contributed by atoms with E-state index in [4.69, 9.17) is 18.9 Å². The monoisotopic (exact) mass is 693 g/mol. The molecule has 0 aromatic heterocycles. The molecule has 3 amide bonds. The largest absolute Gasteiger partial charge is 0.493 e. The van der Waals surface area contributed by atoms with Crippen LogP contribution >= 0.6 is 0 Å². The second-order valence-corrected chi connectivity index (χ2v) is 12.4. The van der Waals surface area contributed by atoms with E-state index in [0.29, 0.717) is 46.3 Å². The SMILES string of the molecule is C.COc1ccc(C[C@H](NC(=O)Cc2cccc(Oc3ccccc3)c2)C(=O)N[C@H](C(=O)N[C@@H](CC(C)C)B(O)O)C(C)C)c(OC)c1OC. The molecule has 0 radical (unpaired) electrons. The Hall–Kier alpha value is -4.75. The van der Waals surface area contributed by atoms with Crippen molar-refractivity contribution in [3.63, 3.8) is 0 Å². The molecule has 0 aliphatic rings. The van der Waals surface area contributed by atoms with Gasteiger partial charge < -0.3 is 44.9 Å². The number of carbonyl (C=O) groups excluding carboxylic acids is 3. The summed E-state index contributed by atoms with van der Waals surface area (Å²) in [5, 5.41) is 28.0. The number of hydrogen-bond donors (Lipinski definition) is 5. The van der Waals surface area contributed by atoms with Crippen LogP contribution in [0.15, 0.2) is 66.7 Å². The summed E-state index contributed by atoms with van der Waals surface area (Å²) in [5.41, 5.74) is 1.21. The molecule has 0 spiro atoms. The summed E-state index contributed by atoms with van der Waals surface area (Å²) in [6.07, 6.45) is 0.242. The normalized spacial score (nSPS) is 12.5. The molecule has 272 valence electrons. The molecule has 5 N–H and O–H groups in total. The number of amides is 3. The van der Waals surface area contributed by atoms with Crippen LogP contribution in [-0.4, -0.2) is 74.2 Å². The van der Waals surface area contributed by atoms with Gasteiger partial charge in [-0.3, -0.25) is 14.4 Å². The summed E-state index contributed by atoms with van der Waals surface area (Å²) in [5.74, 6) is -0.609. The van der Waals surface area contributed by atoms with Gasteiger partial charge in [0.25, 0.3) is 0 Å². The highest BCUT2D eigenvalue weighted by Gasteiger charge is 2.33. The average molecular weight is 694 g/mol. The van der Waals surface area contributed by atoms with Crippen LogP contribution in [-0.2, 0) is 27.2 Å². The third kappa shape index (κ3) is 12.0. The standard InChI is InChI=1S/C36H48BN3O9.CH4/c1-22(2)18-30(37(44)45)39-36(43)32(23(3)4)40-35(42)28(21-25-16-17-29(46-5)34(48-7)33(25)47-6)38-31(41)20-24-12-11-15-27(19-24)49-26-13-9-8-10-14-26;/h8-17,19,22-23,28,30,32,44-45H,18,20-21H2,1-7H3,(H,38,41)(H,39,43)(H,40,42);1H4/t28-,30-,32-;/m0./s1. The van der Waals surface area contributed by atoms with Gasteiger partial charge >= 0.3 is 7.12 Å². The minimum Gasteiger partial charge on any atom is -0.493 e. The summed E-state index contributed by atoms with van der Waals surface area (Å²) < 4.78 is 22.5. The van der Waals surface area contributed by atoms with Crippen molar-refractivity contribution < 1.29 is 43.4 Å². The zero-order valence-corrected chi connectivity index (χ0v) is 29.2. The topological polar surface area (TPSA) is 165 Å². The molecule has 12 nitrogen and oxygen atoms in total. The van der Waals surface area contributed by atoms with E-state index in [-0.39, 0.29) is 32.1 Å². The van der Waals surface area contributed by atoms with Gasteiger partial charge in [-0.1, -0.05) is 71.5 Å². The minimum atomic E-state index is -1.78. The van der Waals surface area contributed by atoms with Crippen LogP contribution in [0.4, 0.5) is 0 Å². The van der Waals surface area contributed by atoms with E-state index in [9.17, 15) is 24.4 Å². The maximum absolute atomic E-state index is 14.0. The van der Waals surface area contributed by atoms with Crippen LogP contribution in [0.1, 0.15) is 52.7 Å². The highest BCUT2D eigenvalue weighted by atomic mass is 16.5. The van der Waals surface area contributed by atoms with Gasteiger partial charge in [0.05, 0.1) is 33.7 Å². The van der Waals surface area contributed by atoms with Crippen molar-refractivity contribution in [3.8, 4) is 28.7 Å². The predicted molar refractivity (Wildman–Crippen MR) is 193 cm³/mol. The van der Waals surface area contributed by atoms with Crippen molar-refractivity contribution in [2.45, 2.75) is 72.4 Å². The third-order valence-electron chi connectivity index (χ3n) is 7.76. The van der Waals surface area contributed by atoms with Crippen LogP contribution in [0.2, 0.25) is 0 Å². The van der Waals surface area contributed by atoms with E-state index in [1.54, 1.807) is 50.2 Å². The number of carbonyl (C=O) groups is 3. The molecule has 13 heteroatoms. The van der Waals surface area contributed by atoms with Gasteiger partial charge in [0.1, 0.15) is 23.6 Å². The molecule has 0 fully saturated rings. The van der Waals surface area contributed by atoms with Crippen LogP contribution in [0, 0.1) is 11.8 Å². The number of methoxy groups -OCH3 is 3. The van der Waals surface area contributed by atoms with Gasteiger partial charge in [-0.05, 0) is 54.2 Å². The molecule has 3 atom stereocenters. The molecule has 0 aliphatic heterocycles. The zero-order chi connectivity index (χ0) is 36.1. The fourth-order valence-corrected chi connectivity index (χ4v) is 5.35. The Labute approximate surface area is 296 Å². The van der Waals surface area contributed by atoms with Gasteiger partial charge in [-0.2, -0.15) is 0 Å². The minimum absolute atomic E-state index is 0. The Bertz CT molecular complexity index is 1540. The van der Waals surface area contributed by atoms with Crippen molar-refractivity contribution in [1.29, 1.82) is 0 Å². The predicted octanol–water partition coefficient (Wildman–Crippen LogP) is 4.09. The number of para-hydroxylation sites is 1. The van der Waals surface area contributed by atoms with E-state index in [2.05, 4.69) is 16.0 Å². The fraction of sp³-hybridized carbons (Fsp3) is 0.432. The zero-order valence-electron chi connectivity index (χ0n) is 29.2. The number of benzene rings is 3. The lowest BCUT2D eigenvalue weighted by Crippen LogP contribution is -2.59. The number of hydrogen-bond acceptors (Lipinski definition) is 9. The van der Waals surface area contributed by atoms with E-state index in [0.717, 1.165) is 0 Å². The van der Waals surface area contributed by atoms with Crippen LogP contribution in [0.5, 0.6) is 28.7 Å². The van der Waals surface area contributed by atoms with Gasteiger partial charge in [0.15, 0.2) is 11.5 Å². The Morgan fingerprint density at radius 2 is 1.42 bits per heavy atom. The lowest BCUT2D eigenvalue weighted by atomic mass is 9.75. The summed E-state index contributed by atoms with van der Waals surface area (Å²) in [6.45, 7) is 7.30.